The van der Waals surface area contributed by atoms with Crippen LogP contribution in [0.1, 0.15) is 23.6 Å². The van der Waals surface area contributed by atoms with Crippen LogP contribution in [0, 0.1) is 5.92 Å². The van der Waals surface area contributed by atoms with E-state index in [0.717, 1.165) is 17.7 Å². The van der Waals surface area contributed by atoms with Gasteiger partial charge in [-0.15, -0.1) is 0 Å². The van der Waals surface area contributed by atoms with Crippen molar-refractivity contribution in [1.82, 2.24) is 9.47 Å². The molecule has 2 bridgehead atoms. The van der Waals surface area contributed by atoms with Crippen LogP contribution in [0.4, 0.5) is 5.69 Å². The predicted octanol–water partition coefficient (Wildman–Crippen LogP) is 3.05. The Hall–Kier alpha value is -3.87. The highest BCUT2D eigenvalue weighted by Gasteiger charge is 2.36. The third kappa shape index (κ3) is 4.73. The fourth-order valence-corrected chi connectivity index (χ4v) is 4.97. The van der Waals surface area contributed by atoms with E-state index in [1.54, 1.807) is 10.6 Å². The largest absolute Gasteiger partial charge is 0.484 e. The molecule has 2 aromatic carbocycles. The lowest BCUT2D eigenvalue weighted by atomic mass is 9.83. The average molecular weight is 458 g/mol. The minimum atomic E-state index is -0.213. The summed E-state index contributed by atoms with van der Waals surface area (Å²) >= 11 is 0. The smallest absolute Gasteiger partial charge is 0.274 e. The van der Waals surface area contributed by atoms with E-state index in [1.807, 2.05) is 71.6 Å². The van der Waals surface area contributed by atoms with Crippen molar-refractivity contribution in [2.75, 3.05) is 25.0 Å². The normalized spacial score (nSPS) is 18.6. The summed E-state index contributed by atoms with van der Waals surface area (Å²) in [7, 11) is 0. The number of piperidine rings is 1. The van der Waals surface area contributed by atoms with Gasteiger partial charge in [-0.2, -0.15) is 0 Å². The van der Waals surface area contributed by atoms with Crippen molar-refractivity contribution in [2.24, 2.45) is 5.92 Å². The van der Waals surface area contributed by atoms with Crippen molar-refractivity contribution in [1.29, 1.82) is 0 Å². The van der Waals surface area contributed by atoms with Crippen molar-refractivity contribution >= 4 is 17.5 Å². The van der Waals surface area contributed by atoms with Gasteiger partial charge in [0.15, 0.2) is 6.61 Å². The molecule has 2 aliphatic heterocycles. The number of benzene rings is 2. The second-order valence-corrected chi connectivity index (χ2v) is 9.00. The highest BCUT2D eigenvalue weighted by atomic mass is 16.5. The van der Waals surface area contributed by atoms with Crippen LogP contribution >= 0.6 is 0 Å². The number of nitrogens with zero attached hydrogens (tertiary/aromatic N) is 2. The molecule has 2 amide bonds. The van der Waals surface area contributed by atoms with Crippen molar-refractivity contribution in [2.45, 2.75) is 25.3 Å². The molecule has 3 heterocycles. The fraction of sp³-hybridized carbons (Fsp3) is 0.296. The zero-order valence-electron chi connectivity index (χ0n) is 18.9. The number of hydrogen-bond acceptors (Lipinski definition) is 4. The van der Waals surface area contributed by atoms with E-state index >= 15 is 0 Å². The molecule has 1 aromatic heterocycles. The predicted molar refractivity (Wildman–Crippen MR) is 129 cm³/mol. The van der Waals surface area contributed by atoms with E-state index in [9.17, 15) is 14.4 Å². The molecule has 0 saturated carbocycles. The average Bonchev–Trinajstić information content (AvgIpc) is 2.85. The number of pyridine rings is 1. The Balaban J connectivity index is 1.26. The monoisotopic (exact) mass is 457 g/mol. The van der Waals surface area contributed by atoms with E-state index in [2.05, 4.69) is 5.32 Å². The summed E-state index contributed by atoms with van der Waals surface area (Å²) in [5.74, 6) is 0.704. The molecule has 0 aliphatic carbocycles. The SMILES string of the molecule is O=C(Cc1ccccc1)Nc1ccc2n(c1=O)CC1CC2CN(C(=O)COc2ccccc2)C1. The third-order valence-electron chi connectivity index (χ3n) is 6.54. The summed E-state index contributed by atoms with van der Waals surface area (Å²) in [5.41, 5.74) is 1.94. The van der Waals surface area contributed by atoms with Gasteiger partial charge in [0.25, 0.3) is 11.5 Å². The number of anilines is 1. The van der Waals surface area contributed by atoms with Gasteiger partial charge < -0.3 is 19.5 Å². The van der Waals surface area contributed by atoms with Crippen LogP contribution in [0.5, 0.6) is 5.75 Å². The molecule has 34 heavy (non-hydrogen) atoms. The number of fused-ring (bicyclic) bond motifs is 4. The van der Waals surface area contributed by atoms with Gasteiger partial charge >= 0.3 is 0 Å². The van der Waals surface area contributed by atoms with E-state index < -0.39 is 0 Å². The lowest BCUT2D eigenvalue weighted by Gasteiger charge is -2.42. The molecule has 7 heteroatoms. The Kier molecular flexibility index (Phi) is 6.16. The Morgan fingerprint density at radius 3 is 2.41 bits per heavy atom. The maximum Gasteiger partial charge on any atom is 0.274 e. The number of aromatic nitrogens is 1. The fourth-order valence-electron chi connectivity index (χ4n) is 4.97. The van der Waals surface area contributed by atoms with Gasteiger partial charge in [-0.1, -0.05) is 48.5 Å². The number of nitrogens with one attached hydrogen (secondary N) is 1. The number of likely N-dealkylation sites (tertiary alicyclic amines) is 1. The van der Waals surface area contributed by atoms with Crippen LogP contribution < -0.4 is 15.6 Å². The summed E-state index contributed by atoms with van der Waals surface area (Å²) in [4.78, 5) is 40.3. The molecule has 1 N–H and O–H groups in total. The van der Waals surface area contributed by atoms with Crippen molar-refractivity contribution in [3.05, 3.63) is 94.4 Å². The Bertz CT molecular complexity index is 1240. The molecule has 7 nitrogen and oxygen atoms in total. The van der Waals surface area contributed by atoms with Gasteiger partial charge in [-0.25, -0.2) is 0 Å². The topological polar surface area (TPSA) is 80.6 Å². The summed E-state index contributed by atoms with van der Waals surface area (Å²) in [6, 6.07) is 22.4. The first-order valence-electron chi connectivity index (χ1n) is 11.6. The van der Waals surface area contributed by atoms with Crippen molar-refractivity contribution in [3.8, 4) is 5.75 Å². The van der Waals surface area contributed by atoms with Gasteiger partial charge in [-0.3, -0.25) is 14.4 Å². The lowest BCUT2D eigenvalue weighted by molar-refractivity contribution is -0.136. The second-order valence-electron chi connectivity index (χ2n) is 9.00. The van der Waals surface area contributed by atoms with Crippen LogP contribution in [-0.2, 0) is 22.6 Å². The second kappa shape index (κ2) is 9.55. The number of rotatable bonds is 6. The molecule has 2 aliphatic rings. The van der Waals surface area contributed by atoms with Crippen LogP contribution in [-0.4, -0.2) is 41.0 Å². The van der Waals surface area contributed by atoms with Gasteiger partial charge in [0.05, 0.1) is 6.42 Å². The molecule has 2 atom stereocenters. The number of ether oxygens (including phenoxy) is 1. The Labute approximate surface area is 198 Å². The highest BCUT2D eigenvalue weighted by molar-refractivity contribution is 5.92. The number of carbonyl (C=O) groups excluding carboxylic acids is 2. The van der Waals surface area contributed by atoms with E-state index in [4.69, 9.17) is 4.74 Å². The first-order chi connectivity index (χ1) is 16.6. The maximum atomic E-state index is 13.2. The van der Waals surface area contributed by atoms with Crippen molar-refractivity contribution < 1.29 is 14.3 Å². The number of carbonyl (C=O) groups is 2. The quantitative estimate of drug-likeness (QED) is 0.617. The summed E-state index contributed by atoms with van der Waals surface area (Å²) < 4.78 is 7.42. The van der Waals surface area contributed by atoms with Crippen LogP contribution in [0.15, 0.2) is 77.6 Å². The number of para-hydroxylation sites is 1. The molecule has 1 fully saturated rings. The molecule has 5 rings (SSSR count). The van der Waals surface area contributed by atoms with Crippen molar-refractivity contribution in [3.63, 3.8) is 0 Å². The minimum Gasteiger partial charge on any atom is -0.484 e. The molecule has 0 spiro atoms. The molecule has 3 aromatic rings. The Morgan fingerprint density at radius 1 is 0.912 bits per heavy atom. The summed E-state index contributed by atoms with van der Waals surface area (Å²) in [6.07, 6.45) is 1.16. The van der Waals surface area contributed by atoms with E-state index in [0.29, 0.717) is 31.1 Å². The Morgan fingerprint density at radius 2 is 1.65 bits per heavy atom. The van der Waals surface area contributed by atoms with Crippen LogP contribution in [0.25, 0.3) is 0 Å². The third-order valence-corrected chi connectivity index (χ3v) is 6.54. The highest BCUT2D eigenvalue weighted by Crippen LogP contribution is 2.35. The molecule has 1 saturated heterocycles. The zero-order chi connectivity index (χ0) is 23.5. The van der Waals surface area contributed by atoms with Crippen LogP contribution in [0.2, 0.25) is 0 Å². The number of amides is 2. The van der Waals surface area contributed by atoms with Gasteiger partial charge in [0.1, 0.15) is 11.4 Å². The maximum absolute atomic E-state index is 13.2. The van der Waals surface area contributed by atoms with Gasteiger partial charge in [-0.05, 0) is 42.2 Å². The molecular weight excluding hydrogens is 430 g/mol. The zero-order valence-corrected chi connectivity index (χ0v) is 18.9. The molecule has 0 radical (unpaired) electrons. The summed E-state index contributed by atoms with van der Waals surface area (Å²) in [6.45, 7) is 1.70. The van der Waals surface area contributed by atoms with Gasteiger partial charge in [0.2, 0.25) is 5.91 Å². The van der Waals surface area contributed by atoms with Gasteiger partial charge in [0, 0.05) is 31.2 Å². The first-order valence-corrected chi connectivity index (χ1v) is 11.6. The van der Waals surface area contributed by atoms with E-state index in [1.165, 1.54) is 0 Å². The molecule has 2 unspecified atom stereocenters. The standard InChI is InChI=1S/C27H27N3O4/c31-25(14-19-7-3-1-4-8-19)28-23-11-12-24-21-13-20(16-30(24)27(23)33)15-29(17-21)26(32)18-34-22-9-5-2-6-10-22/h1-12,20-21H,13-18H2,(H,28,31). The lowest BCUT2D eigenvalue weighted by Crippen LogP contribution is -2.50. The minimum absolute atomic E-state index is 0.00262. The molecule has 174 valence electrons. The summed E-state index contributed by atoms with van der Waals surface area (Å²) in [5, 5.41) is 2.78. The first kappa shape index (κ1) is 21.9. The van der Waals surface area contributed by atoms with E-state index in [-0.39, 0.29) is 42.2 Å². The number of hydrogen-bond donors (Lipinski definition) is 1. The van der Waals surface area contributed by atoms with Crippen LogP contribution in [0.3, 0.4) is 0 Å². The molecular formula is C27H27N3O4.